The Morgan fingerprint density at radius 3 is 2.65 bits per heavy atom. The molecule has 1 atom stereocenters. The fourth-order valence-electron chi connectivity index (χ4n) is 3.25. The summed E-state index contributed by atoms with van der Waals surface area (Å²) in [7, 11) is 0. The summed E-state index contributed by atoms with van der Waals surface area (Å²) in [6.07, 6.45) is 5.89. The maximum absolute atomic E-state index is 12.5. The van der Waals surface area contributed by atoms with Crippen molar-refractivity contribution in [1.29, 1.82) is 0 Å². The number of halogens is 1. The molecule has 2 N–H and O–H groups in total. The molecule has 3 rings (SSSR count). The molecule has 31 heavy (non-hydrogen) atoms. The van der Waals surface area contributed by atoms with E-state index in [0.717, 1.165) is 6.42 Å². The van der Waals surface area contributed by atoms with E-state index >= 15 is 0 Å². The van der Waals surface area contributed by atoms with Crippen LogP contribution in [0, 0.1) is 6.92 Å². The Balaban J connectivity index is 1.37. The van der Waals surface area contributed by atoms with E-state index in [4.69, 9.17) is 16.3 Å². The van der Waals surface area contributed by atoms with Gasteiger partial charge in [0.25, 0.3) is 5.56 Å². The van der Waals surface area contributed by atoms with Crippen molar-refractivity contribution in [2.45, 2.75) is 32.7 Å². The Hall–Kier alpha value is -2.72. The van der Waals surface area contributed by atoms with E-state index in [2.05, 4.69) is 25.5 Å². The summed E-state index contributed by atoms with van der Waals surface area (Å²) >= 11 is 5.83. The second kappa shape index (κ2) is 11.1. The van der Waals surface area contributed by atoms with Crippen molar-refractivity contribution >= 4 is 29.1 Å². The van der Waals surface area contributed by atoms with E-state index in [1.54, 1.807) is 25.5 Å². The van der Waals surface area contributed by atoms with Crippen LogP contribution in [0.4, 0.5) is 11.6 Å². The maximum Gasteiger partial charge on any atom is 0.269 e. The van der Waals surface area contributed by atoms with Crippen molar-refractivity contribution < 1.29 is 9.53 Å². The van der Waals surface area contributed by atoms with Crippen LogP contribution in [0.1, 0.15) is 25.3 Å². The van der Waals surface area contributed by atoms with E-state index in [0.29, 0.717) is 68.0 Å². The molecule has 2 aromatic rings. The first kappa shape index (κ1) is 23.0. The number of aromatic amines is 1. The van der Waals surface area contributed by atoms with Gasteiger partial charge in [0.2, 0.25) is 11.9 Å². The molecule has 1 amide bonds. The average molecular weight is 450 g/mol. The molecule has 11 heteroatoms. The van der Waals surface area contributed by atoms with Crippen LogP contribution in [-0.2, 0) is 9.53 Å². The van der Waals surface area contributed by atoms with Gasteiger partial charge in [0.05, 0.1) is 48.9 Å². The van der Waals surface area contributed by atoms with Gasteiger partial charge < -0.3 is 19.9 Å². The van der Waals surface area contributed by atoms with Crippen LogP contribution >= 0.6 is 11.6 Å². The molecule has 1 fully saturated rings. The number of carbonyl (C=O) groups is 1. The van der Waals surface area contributed by atoms with Gasteiger partial charge >= 0.3 is 0 Å². The fourth-order valence-corrected chi connectivity index (χ4v) is 3.35. The normalized spacial score (nSPS) is 15.1. The van der Waals surface area contributed by atoms with Crippen LogP contribution in [0.15, 0.2) is 23.4 Å². The number of aromatic nitrogens is 4. The molecular weight excluding hydrogens is 422 g/mol. The van der Waals surface area contributed by atoms with E-state index in [-0.39, 0.29) is 17.5 Å². The van der Waals surface area contributed by atoms with Crippen molar-refractivity contribution in [2.75, 3.05) is 49.6 Å². The molecule has 1 saturated heterocycles. The minimum Gasteiger partial charge on any atom is -0.379 e. The summed E-state index contributed by atoms with van der Waals surface area (Å²) < 4.78 is 5.73. The van der Waals surface area contributed by atoms with Crippen molar-refractivity contribution in [3.8, 4) is 0 Å². The molecule has 0 aromatic carbocycles. The highest BCUT2D eigenvalue weighted by Crippen LogP contribution is 2.14. The molecule has 0 bridgehead atoms. The second-order valence-electron chi connectivity index (χ2n) is 7.38. The molecule has 0 unspecified atom stereocenters. The van der Waals surface area contributed by atoms with E-state index < -0.39 is 0 Å². The lowest BCUT2D eigenvalue weighted by Gasteiger charge is -2.34. The van der Waals surface area contributed by atoms with Crippen LogP contribution in [-0.4, -0.2) is 76.4 Å². The van der Waals surface area contributed by atoms with Crippen molar-refractivity contribution in [3.05, 3.63) is 39.5 Å². The highest BCUT2D eigenvalue weighted by molar-refractivity contribution is 6.30. The number of anilines is 2. The zero-order valence-electron chi connectivity index (χ0n) is 17.8. The van der Waals surface area contributed by atoms with Gasteiger partial charge in [-0.1, -0.05) is 18.5 Å². The maximum atomic E-state index is 12.5. The zero-order chi connectivity index (χ0) is 22.2. The predicted octanol–water partition coefficient (Wildman–Crippen LogP) is 1.47. The molecule has 2 aromatic heterocycles. The first-order valence-electron chi connectivity index (χ1n) is 10.4. The van der Waals surface area contributed by atoms with Gasteiger partial charge in [0.15, 0.2) is 0 Å². The van der Waals surface area contributed by atoms with Gasteiger partial charge in [0.1, 0.15) is 0 Å². The number of ether oxygens (including phenoxy) is 1. The molecule has 168 valence electrons. The predicted molar refractivity (Wildman–Crippen MR) is 119 cm³/mol. The largest absolute Gasteiger partial charge is 0.379 e. The Morgan fingerprint density at radius 1 is 1.26 bits per heavy atom. The summed E-state index contributed by atoms with van der Waals surface area (Å²) in [5.41, 5.74) is 1.07. The third-order valence-corrected chi connectivity index (χ3v) is 5.45. The van der Waals surface area contributed by atoms with Gasteiger partial charge in [-0.05, 0) is 13.3 Å². The topological polar surface area (TPSA) is 116 Å². The third-order valence-electron chi connectivity index (χ3n) is 5.26. The number of piperazine rings is 1. The summed E-state index contributed by atoms with van der Waals surface area (Å²) in [5, 5.41) is 10.0. The number of nitrogens with zero attached hydrogens (tertiary/aromatic N) is 5. The molecule has 0 radical (unpaired) electrons. The zero-order valence-corrected chi connectivity index (χ0v) is 18.6. The molecule has 0 saturated carbocycles. The lowest BCUT2D eigenvalue weighted by Crippen LogP contribution is -2.49. The Kier molecular flexibility index (Phi) is 8.19. The van der Waals surface area contributed by atoms with Crippen LogP contribution in [0.2, 0.25) is 5.02 Å². The molecule has 1 aliphatic rings. The number of H-pyrrole nitrogens is 1. The second-order valence-corrected chi connectivity index (χ2v) is 7.82. The number of hydrogen-bond donors (Lipinski definition) is 2. The Morgan fingerprint density at radius 2 is 1.97 bits per heavy atom. The number of hydrogen-bond acceptors (Lipinski definition) is 8. The molecule has 1 aliphatic heterocycles. The standard InChI is InChI=1S/C20H28ClN7O3/c1-3-16(25-17-12-24-26-19(30)14(17)2)13-31-9-4-18(29)27-5-7-28(8-6-27)20-22-10-15(21)11-23-20/h10-12,16H,3-9,13H2,1-2H3,(H2,25,26,30)/t16-/m0/s1. The van der Waals surface area contributed by atoms with Crippen molar-refractivity contribution in [2.24, 2.45) is 0 Å². The van der Waals surface area contributed by atoms with Crippen LogP contribution in [0.5, 0.6) is 0 Å². The fraction of sp³-hybridized carbons (Fsp3) is 0.550. The molecule has 0 spiro atoms. The van der Waals surface area contributed by atoms with Crippen LogP contribution < -0.4 is 15.8 Å². The van der Waals surface area contributed by atoms with Gasteiger partial charge in [0, 0.05) is 37.8 Å². The van der Waals surface area contributed by atoms with E-state index in [9.17, 15) is 9.59 Å². The van der Waals surface area contributed by atoms with Gasteiger partial charge in [-0.3, -0.25) is 9.59 Å². The van der Waals surface area contributed by atoms with E-state index in [1.165, 1.54) is 0 Å². The highest BCUT2D eigenvalue weighted by Gasteiger charge is 2.22. The lowest BCUT2D eigenvalue weighted by molar-refractivity contribution is -0.132. The summed E-state index contributed by atoms with van der Waals surface area (Å²) in [5.74, 6) is 0.705. The number of nitrogens with one attached hydrogen (secondary N) is 2. The first-order valence-corrected chi connectivity index (χ1v) is 10.7. The van der Waals surface area contributed by atoms with Crippen LogP contribution in [0.3, 0.4) is 0 Å². The molecule has 3 heterocycles. The smallest absolute Gasteiger partial charge is 0.269 e. The van der Waals surface area contributed by atoms with E-state index in [1.807, 2.05) is 16.7 Å². The Bertz CT molecular complexity index is 914. The average Bonchev–Trinajstić information content (AvgIpc) is 2.79. The summed E-state index contributed by atoms with van der Waals surface area (Å²) in [4.78, 5) is 36.5. The van der Waals surface area contributed by atoms with Crippen molar-refractivity contribution in [3.63, 3.8) is 0 Å². The minimum atomic E-state index is -0.214. The monoisotopic (exact) mass is 449 g/mol. The molecule has 10 nitrogen and oxygen atoms in total. The first-order chi connectivity index (χ1) is 15.0. The summed E-state index contributed by atoms with van der Waals surface area (Å²) in [6, 6.07) is 0.0281. The quantitative estimate of drug-likeness (QED) is 0.553. The molecular formula is C20H28ClN7O3. The molecule has 0 aliphatic carbocycles. The van der Waals surface area contributed by atoms with Crippen LogP contribution in [0.25, 0.3) is 0 Å². The van der Waals surface area contributed by atoms with Crippen molar-refractivity contribution in [1.82, 2.24) is 25.1 Å². The number of rotatable bonds is 9. The third kappa shape index (κ3) is 6.38. The summed E-state index contributed by atoms with van der Waals surface area (Å²) in [6.45, 7) is 7.18. The number of carbonyl (C=O) groups excluding carboxylic acids is 1. The highest BCUT2D eigenvalue weighted by atomic mass is 35.5. The van der Waals surface area contributed by atoms with Gasteiger partial charge in [-0.15, -0.1) is 0 Å². The van der Waals surface area contributed by atoms with Gasteiger partial charge in [-0.2, -0.15) is 5.10 Å². The lowest BCUT2D eigenvalue weighted by atomic mass is 10.2. The minimum absolute atomic E-state index is 0.0281. The van der Waals surface area contributed by atoms with Gasteiger partial charge in [-0.25, -0.2) is 15.1 Å². The number of amides is 1. The Labute approximate surface area is 186 Å². The SMILES string of the molecule is CC[C@@H](COCCC(=O)N1CCN(c2ncc(Cl)cn2)CC1)Nc1cn[nH]c(=O)c1C.